The average molecular weight is 337 g/mol. The summed E-state index contributed by atoms with van der Waals surface area (Å²) in [6, 6.07) is 9.75. The van der Waals surface area contributed by atoms with Crippen LogP contribution in [0.15, 0.2) is 40.9 Å². The second-order valence-electron chi connectivity index (χ2n) is 3.57. The maximum Gasteiger partial charge on any atom is 0.220 e. The number of halogens is 1. The molecule has 2 aromatic heterocycles. The second kappa shape index (κ2) is 3.99. The fourth-order valence-corrected chi connectivity index (χ4v) is 2.31. The molecule has 17 heavy (non-hydrogen) atoms. The van der Waals surface area contributed by atoms with Gasteiger partial charge in [-0.2, -0.15) is 0 Å². The van der Waals surface area contributed by atoms with Gasteiger partial charge in [0.25, 0.3) is 0 Å². The zero-order valence-electron chi connectivity index (χ0n) is 8.72. The zero-order valence-corrected chi connectivity index (χ0v) is 10.9. The molecule has 0 aliphatic rings. The third-order valence-electron chi connectivity index (χ3n) is 2.46. The first-order valence-electron chi connectivity index (χ1n) is 5.01. The van der Waals surface area contributed by atoms with Gasteiger partial charge in [-0.1, -0.05) is 12.1 Å². The lowest BCUT2D eigenvalue weighted by molar-refractivity contribution is 0.585. The molecule has 0 radical (unpaired) electrons. The Balaban J connectivity index is 2.30. The summed E-state index contributed by atoms with van der Waals surface area (Å²) >= 11 is 2.15. The largest absolute Gasteiger partial charge is 0.450 e. The molecule has 2 N–H and O–H groups in total. The van der Waals surface area contributed by atoms with Gasteiger partial charge < -0.3 is 10.2 Å². The zero-order chi connectivity index (χ0) is 11.8. The molecule has 2 heterocycles. The average Bonchev–Trinajstić information content (AvgIpc) is 2.68. The van der Waals surface area contributed by atoms with Gasteiger partial charge in [0.05, 0.1) is 5.69 Å². The second-order valence-corrected chi connectivity index (χ2v) is 4.64. The summed E-state index contributed by atoms with van der Waals surface area (Å²) in [5, 5.41) is 1.06. The van der Waals surface area contributed by atoms with Gasteiger partial charge in [0.2, 0.25) is 5.95 Å². The van der Waals surface area contributed by atoms with Gasteiger partial charge in [0, 0.05) is 17.1 Å². The summed E-state index contributed by atoms with van der Waals surface area (Å²) in [4.78, 5) is 8.09. The maximum atomic E-state index is 5.68. The molecule has 0 bridgehead atoms. The standard InChI is InChI=1S/C12H8IN3O/c13-10-6-7-2-1-3-8(11(7)17-10)9-4-5-15-12(14)16-9/h1-6H,(H2,14,15,16). The molecule has 3 aromatic rings. The minimum atomic E-state index is 0.265. The molecule has 0 aliphatic carbocycles. The van der Waals surface area contributed by atoms with Crippen molar-refractivity contribution >= 4 is 39.5 Å². The molecule has 0 saturated heterocycles. The highest BCUT2D eigenvalue weighted by Crippen LogP contribution is 2.30. The number of para-hydroxylation sites is 1. The number of nitrogens with zero attached hydrogens (tertiary/aromatic N) is 2. The monoisotopic (exact) mass is 337 g/mol. The van der Waals surface area contributed by atoms with Crippen molar-refractivity contribution in [2.24, 2.45) is 0 Å². The Morgan fingerprint density at radius 1 is 1.24 bits per heavy atom. The fraction of sp³-hybridized carbons (Fsp3) is 0. The van der Waals surface area contributed by atoms with E-state index in [2.05, 4.69) is 32.6 Å². The molecule has 4 nitrogen and oxygen atoms in total. The van der Waals surface area contributed by atoms with Gasteiger partial charge in [-0.3, -0.25) is 0 Å². The summed E-state index contributed by atoms with van der Waals surface area (Å²) in [7, 11) is 0. The molecule has 0 aliphatic heterocycles. The third kappa shape index (κ3) is 1.86. The summed E-state index contributed by atoms with van der Waals surface area (Å²) in [5.41, 5.74) is 8.12. The van der Waals surface area contributed by atoms with Crippen molar-refractivity contribution in [2.75, 3.05) is 5.73 Å². The van der Waals surface area contributed by atoms with Crippen LogP contribution in [-0.4, -0.2) is 9.97 Å². The van der Waals surface area contributed by atoms with Crippen molar-refractivity contribution in [1.29, 1.82) is 0 Å². The first-order chi connectivity index (χ1) is 8.24. The van der Waals surface area contributed by atoms with Crippen molar-refractivity contribution in [3.63, 3.8) is 0 Å². The number of nitrogens with two attached hydrogens (primary N) is 1. The molecular formula is C12H8IN3O. The van der Waals surface area contributed by atoms with Gasteiger partial charge in [-0.25, -0.2) is 9.97 Å². The van der Waals surface area contributed by atoms with Crippen LogP contribution in [0.25, 0.3) is 22.2 Å². The highest BCUT2D eigenvalue weighted by Gasteiger charge is 2.09. The molecule has 1 aromatic carbocycles. The number of anilines is 1. The van der Waals surface area contributed by atoms with Crippen molar-refractivity contribution in [3.8, 4) is 11.3 Å². The van der Waals surface area contributed by atoms with Crippen molar-refractivity contribution < 1.29 is 4.42 Å². The van der Waals surface area contributed by atoms with Crippen LogP contribution >= 0.6 is 22.6 Å². The van der Waals surface area contributed by atoms with Gasteiger partial charge in [-0.15, -0.1) is 0 Å². The van der Waals surface area contributed by atoms with E-state index < -0.39 is 0 Å². The van der Waals surface area contributed by atoms with Crippen LogP contribution in [0.4, 0.5) is 5.95 Å². The van der Waals surface area contributed by atoms with E-state index in [1.54, 1.807) is 6.20 Å². The molecular weight excluding hydrogens is 329 g/mol. The minimum absolute atomic E-state index is 0.265. The number of benzene rings is 1. The highest BCUT2D eigenvalue weighted by molar-refractivity contribution is 14.1. The van der Waals surface area contributed by atoms with Gasteiger partial charge in [0.15, 0.2) is 3.77 Å². The Labute approximate surface area is 111 Å². The van der Waals surface area contributed by atoms with E-state index in [1.165, 1.54) is 0 Å². The van der Waals surface area contributed by atoms with E-state index in [9.17, 15) is 0 Å². The molecule has 0 amide bonds. The highest BCUT2D eigenvalue weighted by atomic mass is 127. The van der Waals surface area contributed by atoms with E-state index in [-0.39, 0.29) is 5.95 Å². The number of rotatable bonds is 1. The lowest BCUT2D eigenvalue weighted by atomic mass is 10.1. The fourth-order valence-electron chi connectivity index (χ4n) is 1.76. The minimum Gasteiger partial charge on any atom is -0.450 e. The lowest BCUT2D eigenvalue weighted by Gasteiger charge is -2.01. The molecule has 0 fully saturated rings. The number of nitrogen functional groups attached to an aromatic ring is 1. The van der Waals surface area contributed by atoms with Crippen LogP contribution in [0.1, 0.15) is 0 Å². The van der Waals surface area contributed by atoms with Crippen LogP contribution in [-0.2, 0) is 0 Å². The predicted molar refractivity (Wildman–Crippen MR) is 74.4 cm³/mol. The van der Waals surface area contributed by atoms with Crippen LogP contribution in [0.3, 0.4) is 0 Å². The Hall–Kier alpha value is -1.63. The number of hydrogen-bond acceptors (Lipinski definition) is 4. The lowest BCUT2D eigenvalue weighted by Crippen LogP contribution is -1.95. The van der Waals surface area contributed by atoms with Crippen LogP contribution < -0.4 is 5.73 Å². The van der Waals surface area contributed by atoms with Gasteiger partial charge in [-0.05, 0) is 40.8 Å². The Morgan fingerprint density at radius 3 is 2.94 bits per heavy atom. The predicted octanol–water partition coefficient (Wildman–Crippen LogP) is 3.08. The molecule has 0 saturated carbocycles. The topological polar surface area (TPSA) is 64.9 Å². The van der Waals surface area contributed by atoms with Crippen molar-refractivity contribution in [2.45, 2.75) is 0 Å². The van der Waals surface area contributed by atoms with E-state index in [4.69, 9.17) is 10.2 Å². The Bertz CT molecular complexity index is 693. The Kier molecular flexibility index (Phi) is 2.47. The molecule has 0 spiro atoms. The Morgan fingerprint density at radius 2 is 2.12 bits per heavy atom. The summed E-state index contributed by atoms with van der Waals surface area (Å²) in [5.74, 6) is 0.265. The first-order valence-corrected chi connectivity index (χ1v) is 6.09. The van der Waals surface area contributed by atoms with Crippen molar-refractivity contribution in [1.82, 2.24) is 9.97 Å². The summed E-state index contributed by atoms with van der Waals surface area (Å²) in [6.07, 6.45) is 1.64. The first kappa shape index (κ1) is 10.5. The number of fused-ring (bicyclic) bond motifs is 1. The quantitative estimate of drug-likeness (QED) is 0.693. The van der Waals surface area contributed by atoms with Gasteiger partial charge >= 0.3 is 0 Å². The van der Waals surface area contributed by atoms with Gasteiger partial charge in [0.1, 0.15) is 5.58 Å². The number of furan rings is 1. The maximum absolute atomic E-state index is 5.68. The number of hydrogen-bond donors (Lipinski definition) is 1. The smallest absolute Gasteiger partial charge is 0.220 e. The SMILES string of the molecule is Nc1nccc(-c2cccc3cc(I)oc23)n1. The normalized spacial score (nSPS) is 10.9. The molecule has 84 valence electrons. The molecule has 0 unspecified atom stereocenters. The summed E-state index contributed by atoms with van der Waals surface area (Å²) < 4.78 is 6.53. The van der Waals surface area contributed by atoms with Crippen LogP contribution in [0.5, 0.6) is 0 Å². The van der Waals surface area contributed by atoms with Crippen LogP contribution in [0.2, 0.25) is 0 Å². The van der Waals surface area contributed by atoms with E-state index in [1.807, 2.05) is 30.3 Å². The molecule has 0 atom stereocenters. The molecule has 3 rings (SSSR count). The molecule has 5 heteroatoms. The van der Waals surface area contributed by atoms with E-state index >= 15 is 0 Å². The van der Waals surface area contributed by atoms with Crippen molar-refractivity contribution in [3.05, 3.63) is 40.3 Å². The third-order valence-corrected chi connectivity index (χ3v) is 3.00. The van der Waals surface area contributed by atoms with E-state index in [0.717, 1.165) is 26.0 Å². The number of aromatic nitrogens is 2. The summed E-state index contributed by atoms with van der Waals surface area (Å²) in [6.45, 7) is 0. The van der Waals surface area contributed by atoms with Crippen LogP contribution in [0, 0.1) is 3.77 Å². The van der Waals surface area contributed by atoms with E-state index in [0.29, 0.717) is 0 Å².